The van der Waals surface area contributed by atoms with E-state index in [-0.39, 0.29) is 11.9 Å². The normalized spacial score (nSPS) is 22.9. The zero-order chi connectivity index (χ0) is 14.1. The van der Waals surface area contributed by atoms with E-state index in [2.05, 4.69) is 22.4 Å². The second-order valence-corrected chi connectivity index (χ2v) is 5.47. The molecule has 0 bridgehead atoms. The lowest BCUT2D eigenvalue weighted by atomic mass is 9.93. The summed E-state index contributed by atoms with van der Waals surface area (Å²) in [4.78, 5) is 4.42. The van der Waals surface area contributed by atoms with E-state index < -0.39 is 0 Å². The Bertz CT molecular complexity index is 611. The molecule has 4 nitrogen and oxygen atoms in total. The molecule has 20 heavy (non-hydrogen) atoms. The highest BCUT2D eigenvalue weighted by Crippen LogP contribution is 2.29. The van der Waals surface area contributed by atoms with E-state index in [1.807, 2.05) is 6.07 Å². The first-order valence-corrected chi connectivity index (χ1v) is 6.98. The summed E-state index contributed by atoms with van der Waals surface area (Å²) in [6.45, 7) is 4.87. The van der Waals surface area contributed by atoms with Crippen molar-refractivity contribution >= 4 is 0 Å². The lowest BCUT2D eigenvalue weighted by Gasteiger charge is -2.26. The molecule has 0 spiro atoms. The van der Waals surface area contributed by atoms with E-state index in [4.69, 9.17) is 4.52 Å². The quantitative estimate of drug-likeness (QED) is 0.914. The maximum Gasteiger partial charge on any atom is 0.244 e. The number of piperidine rings is 1. The Balaban J connectivity index is 1.87. The number of benzene rings is 1. The maximum absolute atomic E-state index is 13.6. The molecule has 0 amide bonds. The number of aryl methyl sites for hydroxylation is 1. The van der Waals surface area contributed by atoms with Crippen LogP contribution in [0.4, 0.5) is 4.39 Å². The van der Waals surface area contributed by atoms with Crippen molar-refractivity contribution in [1.29, 1.82) is 0 Å². The maximum atomic E-state index is 13.6. The average Bonchev–Trinajstić information content (AvgIpc) is 2.92. The van der Waals surface area contributed by atoms with Crippen LogP contribution in [0.5, 0.6) is 0 Å². The van der Waals surface area contributed by atoms with Gasteiger partial charge in [-0.15, -0.1) is 0 Å². The van der Waals surface area contributed by atoms with Crippen LogP contribution in [0.3, 0.4) is 0 Å². The fourth-order valence-electron chi connectivity index (χ4n) is 2.59. The van der Waals surface area contributed by atoms with Gasteiger partial charge in [-0.2, -0.15) is 4.98 Å². The van der Waals surface area contributed by atoms with Crippen LogP contribution in [0.25, 0.3) is 11.4 Å². The molecule has 1 aromatic heterocycles. The molecule has 1 aromatic carbocycles. The molecule has 1 aliphatic heterocycles. The van der Waals surface area contributed by atoms with Gasteiger partial charge in [-0.3, -0.25) is 0 Å². The molecule has 1 aliphatic rings. The molecule has 2 unspecified atom stereocenters. The third-order valence-corrected chi connectivity index (χ3v) is 3.91. The number of halogens is 1. The van der Waals surface area contributed by atoms with Crippen molar-refractivity contribution in [3.63, 3.8) is 0 Å². The van der Waals surface area contributed by atoms with Crippen LogP contribution in [-0.2, 0) is 0 Å². The molecule has 5 heteroatoms. The number of aromatic nitrogens is 2. The van der Waals surface area contributed by atoms with Gasteiger partial charge in [-0.25, -0.2) is 4.39 Å². The Morgan fingerprint density at radius 3 is 3.00 bits per heavy atom. The van der Waals surface area contributed by atoms with Crippen molar-refractivity contribution in [2.75, 3.05) is 6.54 Å². The van der Waals surface area contributed by atoms with Gasteiger partial charge in [0.25, 0.3) is 0 Å². The Kier molecular flexibility index (Phi) is 3.53. The molecule has 0 radical (unpaired) electrons. The molecule has 0 saturated carbocycles. The zero-order valence-corrected chi connectivity index (χ0v) is 11.7. The largest absolute Gasteiger partial charge is 0.337 e. The predicted molar refractivity (Wildman–Crippen MR) is 73.6 cm³/mol. The van der Waals surface area contributed by atoms with E-state index >= 15 is 0 Å². The summed E-state index contributed by atoms with van der Waals surface area (Å²) in [5.41, 5.74) is 1.26. The number of rotatable bonds is 2. The lowest BCUT2D eigenvalue weighted by Crippen LogP contribution is -2.33. The van der Waals surface area contributed by atoms with E-state index in [9.17, 15) is 4.39 Å². The molecule has 1 N–H and O–H groups in total. The standard InChI is InChI=1S/C15H18FN3O/c1-9-5-6-11(8-12(9)16)14-18-15(20-19-14)13-10(2)4-3-7-17-13/h5-6,8,10,13,17H,3-4,7H2,1-2H3. The van der Waals surface area contributed by atoms with Gasteiger partial charge in [0.1, 0.15) is 5.82 Å². The van der Waals surface area contributed by atoms with E-state index in [0.717, 1.165) is 13.0 Å². The van der Waals surface area contributed by atoms with Crippen molar-refractivity contribution < 1.29 is 8.91 Å². The minimum absolute atomic E-state index is 0.0975. The number of nitrogens with one attached hydrogen (secondary N) is 1. The molecular formula is C15H18FN3O. The first-order chi connectivity index (χ1) is 9.65. The van der Waals surface area contributed by atoms with Crippen molar-refractivity contribution in [2.24, 2.45) is 5.92 Å². The Morgan fingerprint density at radius 1 is 1.40 bits per heavy atom. The second-order valence-electron chi connectivity index (χ2n) is 5.47. The third-order valence-electron chi connectivity index (χ3n) is 3.91. The number of hydrogen-bond donors (Lipinski definition) is 1. The molecule has 2 heterocycles. The highest BCUT2D eigenvalue weighted by Gasteiger charge is 2.27. The zero-order valence-electron chi connectivity index (χ0n) is 11.7. The summed E-state index contributed by atoms with van der Waals surface area (Å²) in [5, 5.41) is 7.37. The van der Waals surface area contributed by atoms with Crippen LogP contribution in [-0.4, -0.2) is 16.7 Å². The van der Waals surface area contributed by atoms with E-state index in [0.29, 0.717) is 28.8 Å². The van der Waals surface area contributed by atoms with E-state index in [1.54, 1.807) is 13.0 Å². The van der Waals surface area contributed by atoms with Crippen molar-refractivity contribution in [3.05, 3.63) is 35.5 Å². The van der Waals surface area contributed by atoms with Gasteiger partial charge in [0.05, 0.1) is 6.04 Å². The Labute approximate surface area is 117 Å². The van der Waals surface area contributed by atoms with Gasteiger partial charge in [0.2, 0.25) is 11.7 Å². The first kappa shape index (κ1) is 13.2. The molecule has 2 atom stereocenters. The van der Waals surface area contributed by atoms with Gasteiger partial charge in [0.15, 0.2) is 0 Å². The van der Waals surface area contributed by atoms with Gasteiger partial charge < -0.3 is 9.84 Å². The number of hydrogen-bond acceptors (Lipinski definition) is 4. The topological polar surface area (TPSA) is 51.0 Å². The molecule has 3 rings (SSSR count). The highest BCUT2D eigenvalue weighted by atomic mass is 19.1. The number of nitrogens with zero attached hydrogens (tertiary/aromatic N) is 2. The lowest BCUT2D eigenvalue weighted by molar-refractivity contribution is 0.239. The highest BCUT2D eigenvalue weighted by molar-refractivity contribution is 5.55. The summed E-state index contributed by atoms with van der Waals surface area (Å²) in [6, 6.07) is 5.08. The van der Waals surface area contributed by atoms with Crippen LogP contribution in [0, 0.1) is 18.7 Å². The van der Waals surface area contributed by atoms with Crippen LogP contribution in [0.1, 0.15) is 37.3 Å². The Hall–Kier alpha value is -1.75. The minimum Gasteiger partial charge on any atom is -0.337 e. The molecule has 0 aliphatic carbocycles. The molecular weight excluding hydrogens is 257 g/mol. The molecule has 106 valence electrons. The summed E-state index contributed by atoms with van der Waals surface area (Å²) in [6.07, 6.45) is 2.32. The Morgan fingerprint density at radius 2 is 2.25 bits per heavy atom. The van der Waals surface area contributed by atoms with Gasteiger partial charge in [-0.05, 0) is 43.9 Å². The van der Waals surface area contributed by atoms with Crippen molar-refractivity contribution in [2.45, 2.75) is 32.7 Å². The van der Waals surface area contributed by atoms with Crippen LogP contribution in [0.15, 0.2) is 22.7 Å². The van der Waals surface area contributed by atoms with Crippen LogP contribution >= 0.6 is 0 Å². The molecule has 1 fully saturated rings. The van der Waals surface area contributed by atoms with Gasteiger partial charge in [-0.1, -0.05) is 24.2 Å². The average molecular weight is 275 g/mol. The van der Waals surface area contributed by atoms with Crippen molar-refractivity contribution in [3.8, 4) is 11.4 Å². The fraction of sp³-hybridized carbons (Fsp3) is 0.467. The SMILES string of the molecule is Cc1ccc(-c2noc(C3NCCCC3C)n2)cc1F. The van der Waals surface area contributed by atoms with Crippen LogP contribution in [0.2, 0.25) is 0 Å². The minimum atomic E-state index is -0.252. The predicted octanol–water partition coefficient (Wildman–Crippen LogP) is 3.24. The molecule has 1 saturated heterocycles. The summed E-state index contributed by atoms with van der Waals surface area (Å²) in [5.74, 6) is 1.25. The van der Waals surface area contributed by atoms with Gasteiger partial charge >= 0.3 is 0 Å². The molecule has 2 aromatic rings. The van der Waals surface area contributed by atoms with Crippen LogP contribution < -0.4 is 5.32 Å². The summed E-state index contributed by atoms with van der Waals surface area (Å²) < 4.78 is 18.9. The van der Waals surface area contributed by atoms with Crippen molar-refractivity contribution in [1.82, 2.24) is 15.5 Å². The van der Waals surface area contributed by atoms with E-state index in [1.165, 1.54) is 12.5 Å². The second kappa shape index (κ2) is 5.32. The fourth-order valence-corrected chi connectivity index (χ4v) is 2.59. The summed E-state index contributed by atoms with van der Waals surface area (Å²) in [7, 11) is 0. The third kappa shape index (κ3) is 2.45. The first-order valence-electron chi connectivity index (χ1n) is 6.98. The smallest absolute Gasteiger partial charge is 0.244 e. The van der Waals surface area contributed by atoms with Gasteiger partial charge in [0, 0.05) is 5.56 Å². The summed E-state index contributed by atoms with van der Waals surface area (Å²) >= 11 is 0. The monoisotopic (exact) mass is 275 g/mol.